The lowest BCUT2D eigenvalue weighted by molar-refractivity contribution is -0.120. The fraction of sp³-hybridized carbons (Fsp3) is 0.385. The fourth-order valence-electron chi connectivity index (χ4n) is 2.12. The monoisotopic (exact) mass is 293 g/mol. The van der Waals surface area contributed by atoms with Crippen molar-refractivity contribution >= 4 is 44.9 Å². The summed E-state index contributed by atoms with van der Waals surface area (Å²) >= 11 is 3.18. The Labute approximate surface area is 119 Å². The van der Waals surface area contributed by atoms with E-state index in [9.17, 15) is 4.79 Å². The number of anilines is 1. The van der Waals surface area contributed by atoms with Gasteiger partial charge in [0.15, 0.2) is 4.34 Å². The molecule has 1 amide bonds. The summed E-state index contributed by atoms with van der Waals surface area (Å²) in [5.41, 5.74) is 7.47. The number of rotatable bonds is 2. The van der Waals surface area contributed by atoms with Gasteiger partial charge in [-0.15, -0.1) is 11.3 Å². The number of thioether (sulfide) groups is 1. The quantitative estimate of drug-likeness (QED) is 0.835. The van der Waals surface area contributed by atoms with Crippen LogP contribution < -0.4 is 11.1 Å². The smallest absolute Gasteiger partial charge is 0.233 e. The Balaban J connectivity index is 1.82. The molecular formula is C13H15N3OS2. The van der Waals surface area contributed by atoms with E-state index in [1.165, 1.54) is 0 Å². The van der Waals surface area contributed by atoms with Crippen LogP contribution in [0.15, 0.2) is 22.5 Å². The van der Waals surface area contributed by atoms with Crippen molar-refractivity contribution in [2.75, 3.05) is 12.3 Å². The predicted octanol–water partition coefficient (Wildman–Crippen LogP) is 2.64. The maximum atomic E-state index is 11.9. The molecule has 1 aromatic heterocycles. The molecule has 19 heavy (non-hydrogen) atoms. The van der Waals surface area contributed by atoms with Crippen LogP contribution in [0, 0.1) is 0 Å². The summed E-state index contributed by atoms with van der Waals surface area (Å²) in [6.07, 6.45) is 3.09. The zero-order valence-corrected chi connectivity index (χ0v) is 12.0. The topological polar surface area (TPSA) is 68.0 Å². The van der Waals surface area contributed by atoms with Gasteiger partial charge in [0.1, 0.15) is 0 Å². The Morgan fingerprint density at radius 3 is 3.21 bits per heavy atom. The molecular weight excluding hydrogens is 278 g/mol. The molecule has 3 rings (SSSR count). The third kappa shape index (κ3) is 2.84. The maximum absolute atomic E-state index is 11.9. The first kappa shape index (κ1) is 12.7. The number of thiazole rings is 1. The van der Waals surface area contributed by atoms with Crippen molar-refractivity contribution in [2.45, 2.75) is 28.9 Å². The van der Waals surface area contributed by atoms with Gasteiger partial charge in [0.05, 0.1) is 15.5 Å². The Morgan fingerprint density at radius 2 is 2.32 bits per heavy atom. The number of nitrogens with zero attached hydrogens (tertiary/aromatic N) is 1. The summed E-state index contributed by atoms with van der Waals surface area (Å²) in [5.74, 6) is 0.140. The van der Waals surface area contributed by atoms with Crippen molar-refractivity contribution in [3.8, 4) is 0 Å². The molecule has 0 radical (unpaired) electrons. The summed E-state index contributed by atoms with van der Waals surface area (Å²) in [7, 11) is 0. The number of aromatic nitrogens is 1. The summed E-state index contributed by atoms with van der Waals surface area (Å²) in [6.45, 7) is 0.798. The number of hydrogen-bond donors (Lipinski definition) is 2. The van der Waals surface area contributed by atoms with Gasteiger partial charge in [0.2, 0.25) is 5.91 Å². The van der Waals surface area contributed by atoms with Crippen LogP contribution in [0.4, 0.5) is 5.69 Å². The van der Waals surface area contributed by atoms with Gasteiger partial charge in [-0.1, -0.05) is 18.2 Å². The highest BCUT2D eigenvalue weighted by Gasteiger charge is 2.23. The second kappa shape index (κ2) is 5.38. The zero-order chi connectivity index (χ0) is 13.2. The molecule has 1 aliphatic rings. The third-order valence-electron chi connectivity index (χ3n) is 3.12. The molecule has 4 nitrogen and oxygen atoms in total. The number of carbonyl (C=O) groups excluding carboxylic acids is 1. The van der Waals surface area contributed by atoms with Gasteiger partial charge in [-0.2, -0.15) is 0 Å². The molecule has 1 atom stereocenters. The van der Waals surface area contributed by atoms with E-state index in [-0.39, 0.29) is 11.2 Å². The minimum absolute atomic E-state index is 0.0135. The molecule has 100 valence electrons. The van der Waals surface area contributed by atoms with E-state index in [4.69, 9.17) is 5.73 Å². The Hall–Kier alpha value is -1.27. The van der Waals surface area contributed by atoms with E-state index in [2.05, 4.69) is 10.3 Å². The average molecular weight is 293 g/mol. The number of nitrogens with two attached hydrogens (primary N) is 1. The van der Waals surface area contributed by atoms with Crippen LogP contribution in [0.5, 0.6) is 0 Å². The van der Waals surface area contributed by atoms with Gasteiger partial charge in [-0.05, 0) is 31.0 Å². The predicted molar refractivity (Wildman–Crippen MR) is 80.5 cm³/mol. The maximum Gasteiger partial charge on any atom is 0.233 e. The minimum Gasteiger partial charge on any atom is -0.399 e. The third-order valence-corrected chi connectivity index (χ3v) is 5.50. The molecule has 3 N–H and O–H groups in total. The zero-order valence-electron chi connectivity index (χ0n) is 10.4. The molecule has 0 aliphatic carbocycles. The number of fused-ring (bicyclic) bond motifs is 1. The van der Waals surface area contributed by atoms with E-state index in [1.54, 1.807) is 23.1 Å². The fourth-order valence-corrected chi connectivity index (χ4v) is 4.54. The number of nitrogen functional groups attached to an aromatic ring is 1. The molecule has 1 aliphatic heterocycles. The molecule has 0 saturated carbocycles. The van der Waals surface area contributed by atoms with E-state index in [1.807, 2.05) is 18.2 Å². The van der Waals surface area contributed by atoms with E-state index in [0.29, 0.717) is 0 Å². The first-order valence-corrected chi connectivity index (χ1v) is 8.02. The van der Waals surface area contributed by atoms with Gasteiger partial charge < -0.3 is 11.1 Å². The van der Waals surface area contributed by atoms with Gasteiger partial charge in [-0.3, -0.25) is 4.79 Å². The van der Waals surface area contributed by atoms with Crippen LogP contribution in [-0.4, -0.2) is 22.7 Å². The van der Waals surface area contributed by atoms with Crippen molar-refractivity contribution in [1.82, 2.24) is 10.3 Å². The molecule has 2 aromatic rings. The van der Waals surface area contributed by atoms with Gasteiger partial charge >= 0.3 is 0 Å². The van der Waals surface area contributed by atoms with E-state index < -0.39 is 0 Å². The van der Waals surface area contributed by atoms with Crippen LogP contribution in [0.2, 0.25) is 0 Å². The van der Waals surface area contributed by atoms with Crippen LogP contribution in [0.1, 0.15) is 19.3 Å². The number of amides is 1. The van der Waals surface area contributed by atoms with E-state index in [0.717, 1.165) is 46.1 Å². The van der Waals surface area contributed by atoms with Gasteiger partial charge in [0, 0.05) is 12.2 Å². The molecule has 0 bridgehead atoms. The van der Waals surface area contributed by atoms with Crippen molar-refractivity contribution in [2.24, 2.45) is 0 Å². The largest absolute Gasteiger partial charge is 0.399 e. The lowest BCUT2D eigenvalue weighted by atomic mass is 10.2. The number of carbonyl (C=O) groups is 1. The average Bonchev–Trinajstić information content (AvgIpc) is 2.66. The molecule has 2 heterocycles. The molecule has 0 spiro atoms. The van der Waals surface area contributed by atoms with Crippen LogP contribution >= 0.6 is 23.1 Å². The summed E-state index contributed by atoms with van der Waals surface area (Å²) in [5, 5.41) is 2.94. The lowest BCUT2D eigenvalue weighted by Gasteiger charge is -2.09. The summed E-state index contributed by atoms with van der Waals surface area (Å²) < 4.78 is 2.03. The minimum atomic E-state index is -0.0135. The number of hydrogen-bond acceptors (Lipinski definition) is 5. The molecule has 1 fully saturated rings. The first-order valence-electron chi connectivity index (χ1n) is 6.33. The standard InChI is InChI=1S/C13H15N3OS2/c14-8-4-5-9-11(7-8)19-13(16-9)18-10-3-1-2-6-15-12(10)17/h4-5,7,10H,1-3,6,14H2,(H,15,17). The number of nitrogens with one attached hydrogen (secondary N) is 1. The van der Waals surface area contributed by atoms with Crippen molar-refractivity contribution in [3.63, 3.8) is 0 Å². The second-order valence-electron chi connectivity index (χ2n) is 4.60. The summed E-state index contributed by atoms with van der Waals surface area (Å²) in [6, 6.07) is 5.72. The lowest BCUT2D eigenvalue weighted by Crippen LogP contribution is -2.30. The SMILES string of the molecule is Nc1ccc2nc(SC3CCCCNC3=O)sc2c1. The van der Waals surface area contributed by atoms with Crippen molar-refractivity contribution in [1.29, 1.82) is 0 Å². The highest BCUT2D eigenvalue weighted by atomic mass is 32.2. The van der Waals surface area contributed by atoms with E-state index >= 15 is 0 Å². The van der Waals surface area contributed by atoms with Crippen LogP contribution in [0.25, 0.3) is 10.2 Å². The van der Waals surface area contributed by atoms with Crippen LogP contribution in [0.3, 0.4) is 0 Å². The second-order valence-corrected chi connectivity index (χ2v) is 7.08. The molecule has 1 aromatic carbocycles. The Kier molecular flexibility index (Phi) is 3.61. The number of benzene rings is 1. The summed E-state index contributed by atoms with van der Waals surface area (Å²) in [4.78, 5) is 16.5. The molecule has 1 saturated heterocycles. The van der Waals surface area contributed by atoms with Crippen molar-refractivity contribution < 1.29 is 4.79 Å². The Bertz CT molecular complexity index is 611. The van der Waals surface area contributed by atoms with Crippen LogP contribution in [-0.2, 0) is 4.79 Å². The molecule has 1 unspecified atom stereocenters. The highest BCUT2D eigenvalue weighted by Crippen LogP contribution is 2.34. The van der Waals surface area contributed by atoms with Crippen molar-refractivity contribution in [3.05, 3.63) is 18.2 Å². The van der Waals surface area contributed by atoms with Gasteiger partial charge in [0.25, 0.3) is 0 Å². The highest BCUT2D eigenvalue weighted by molar-refractivity contribution is 8.02. The Morgan fingerprint density at radius 1 is 1.42 bits per heavy atom. The first-order chi connectivity index (χ1) is 9.22. The molecule has 6 heteroatoms. The van der Waals surface area contributed by atoms with Gasteiger partial charge in [-0.25, -0.2) is 4.98 Å². The normalized spacial score (nSPS) is 20.2.